The Morgan fingerprint density at radius 3 is 2.27 bits per heavy atom. The van der Waals surface area contributed by atoms with Gasteiger partial charge in [0.1, 0.15) is 0 Å². The number of amides is 1. The Hall–Kier alpha value is -2.22. The molecule has 1 fully saturated rings. The van der Waals surface area contributed by atoms with Crippen LogP contribution in [0.5, 0.6) is 0 Å². The summed E-state index contributed by atoms with van der Waals surface area (Å²) in [4.78, 5) is 27.9. The van der Waals surface area contributed by atoms with Crippen molar-refractivity contribution in [2.45, 2.75) is 70.0 Å². The number of carbonyl (C=O) groups is 2. The van der Waals surface area contributed by atoms with E-state index in [1.807, 2.05) is 48.6 Å². The molecule has 3 rings (SSSR count). The SMILES string of the molecule is CCN(Cc1ccccc1)C(=O)CCCC(=O)O.CN(C)C1(c2cccs2)CCC(N)CC1. The second-order valence-electron chi connectivity index (χ2n) is 8.88. The van der Waals surface area contributed by atoms with Crippen molar-refractivity contribution >= 4 is 23.2 Å². The van der Waals surface area contributed by atoms with Crippen LogP contribution in [0, 0.1) is 0 Å². The second-order valence-corrected chi connectivity index (χ2v) is 9.83. The number of carboxylic acid groups (broad SMARTS) is 1. The van der Waals surface area contributed by atoms with E-state index < -0.39 is 5.97 Å². The van der Waals surface area contributed by atoms with Crippen LogP contribution in [-0.2, 0) is 21.7 Å². The number of hydrogen-bond acceptors (Lipinski definition) is 5. The highest BCUT2D eigenvalue weighted by Gasteiger charge is 2.38. The summed E-state index contributed by atoms with van der Waals surface area (Å²) in [6.45, 7) is 3.15. The maximum Gasteiger partial charge on any atom is 0.303 e. The summed E-state index contributed by atoms with van der Waals surface area (Å²) in [5.74, 6) is -0.837. The summed E-state index contributed by atoms with van der Waals surface area (Å²) in [7, 11) is 4.38. The maximum absolute atomic E-state index is 11.9. The van der Waals surface area contributed by atoms with E-state index in [-0.39, 0.29) is 17.9 Å². The molecule has 1 heterocycles. The monoisotopic (exact) mass is 473 g/mol. The predicted molar refractivity (Wildman–Crippen MR) is 135 cm³/mol. The lowest BCUT2D eigenvalue weighted by Gasteiger charge is -2.44. The molecule has 0 saturated heterocycles. The van der Waals surface area contributed by atoms with Crippen molar-refractivity contribution in [1.29, 1.82) is 0 Å². The van der Waals surface area contributed by atoms with Gasteiger partial charge < -0.3 is 15.7 Å². The zero-order chi connectivity index (χ0) is 24.3. The van der Waals surface area contributed by atoms with E-state index >= 15 is 0 Å². The van der Waals surface area contributed by atoms with Gasteiger partial charge in [-0.15, -0.1) is 11.3 Å². The van der Waals surface area contributed by atoms with Crippen molar-refractivity contribution in [2.75, 3.05) is 20.6 Å². The Morgan fingerprint density at radius 1 is 1.09 bits per heavy atom. The quantitative estimate of drug-likeness (QED) is 0.551. The average Bonchev–Trinajstić information content (AvgIpc) is 3.34. The number of thiophene rings is 1. The molecule has 0 spiro atoms. The molecule has 6 nitrogen and oxygen atoms in total. The van der Waals surface area contributed by atoms with Gasteiger partial charge in [0, 0.05) is 36.9 Å². The molecular formula is C26H39N3O3S. The Balaban J connectivity index is 0.000000237. The Morgan fingerprint density at radius 2 is 1.76 bits per heavy atom. The van der Waals surface area contributed by atoms with Gasteiger partial charge in [-0.1, -0.05) is 36.4 Å². The lowest BCUT2D eigenvalue weighted by molar-refractivity contribution is -0.137. The first-order valence-corrected chi connectivity index (χ1v) is 12.7. The molecule has 1 aromatic carbocycles. The van der Waals surface area contributed by atoms with Gasteiger partial charge in [0.25, 0.3) is 0 Å². The van der Waals surface area contributed by atoms with E-state index in [9.17, 15) is 9.59 Å². The standard InChI is InChI=1S/C14H19NO3.C12H20N2S/c1-2-15(11-12-7-4-3-5-8-12)13(16)9-6-10-14(17)18;1-14(2)12(11-4-3-9-15-11)7-5-10(13)6-8-12/h3-5,7-8H,2,6,9-11H2,1H3,(H,17,18);3-4,9-10H,5-8,13H2,1-2H3. The Bertz CT molecular complexity index is 832. The number of carbonyl (C=O) groups excluding carboxylic acids is 1. The number of benzene rings is 1. The number of aliphatic carboxylic acids is 1. The van der Waals surface area contributed by atoms with Crippen LogP contribution in [0.4, 0.5) is 0 Å². The van der Waals surface area contributed by atoms with Crippen molar-refractivity contribution < 1.29 is 14.7 Å². The van der Waals surface area contributed by atoms with Crippen LogP contribution >= 0.6 is 11.3 Å². The van der Waals surface area contributed by atoms with Crippen LogP contribution in [0.15, 0.2) is 47.8 Å². The molecule has 182 valence electrons. The normalized spacial score (nSPS) is 20.1. The van der Waals surface area contributed by atoms with E-state index in [0.717, 1.165) is 18.4 Å². The summed E-state index contributed by atoms with van der Waals surface area (Å²) in [6, 6.07) is 14.6. The zero-order valence-corrected chi connectivity index (χ0v) is 21.0. The van der Waals surface area contributed by atoms with E-state index in [2.05, 4.69) is 36.5 Å². The molecule has 33 heavy (non-hydrogen) atoms. The molecule has 2 aromatic rings. The van der Waals surface area contributed by atoms with Crippen LogP contribution in [-0.4, -0.2) is 53.5 Å². The molecule has 0 radical (unpaired) electrons. The number of rotatable bonds is 9. The Kier molecular flexibility index (Phi) is 11.0. The van der Waals surface area contributed by atoms with Gasteiger partial charge in [-0.3, -0.25) is 14.5 Å². The van der Waals surface area contributed by atoms with Crippen molar-refractivity contribution in [1.82, 2.24) is 9.80 Å². The van der Waals surface area contributed by atoms with E-state index in [0.29, 0.717) is 32.0 Å². The lowest BCUT2D eigenvalue weighted by Crippen LogP contribution is -2.46. The minimum Gasteiger partial charge on any atom is -0.481 e. The fourth-order valence-corrected chi connectivity index (χ4v) is 5.37. The first-order chi connectivity index (χ1) is 15.8. The van der Waals surface area contributed by atoms with Gasteiger partial charge >= 0.3 is 5.97 Å². The molecule has 3 N–H and O–H groups in total. The molecule has 0 bridgehead atoms. The summed E-state index contributed by atoms with van der Waals surface area (Å²) >= 11 is 1.88. The fourth-order valence-electron chi connectivity index (χ4n) is 4.30. The maximum atomic E-state index is 11.9. The third-order valence-corrected chi connectivity index (χ3v) is 7.49. The van der Waals surface area contributed by atoms with E-state index in [1.165, 1.54) is 17.7 Å². The van der Waals surface area contributed by atoms with Gasteiger partial charge in [-0.25, -0.2) is 0 Å². The van der Waals surface area contributed by atoms with Gasteiger partial charge in [-0.05, 0) is 70.1 Å². The third kappa shape index (κ3) is 8.25. The molecule has 1 aliphatic carbocycles. The van der Waals surface area contributed by atoms with Crippen LogP contribution < -0.4 is 5.73 Å². The summed E-state index contributed by atoms with van der Waals surface area (Å²) in [5.41, 5.74) is 7.34. The molecule has 0 aliphatic heterocycles. The lowest BCUT2D eigenvalue weighted by atomic mass is 9.78. The molecule has 0 atom stereocenters. The van der Waals surface area contributed by atoms with E-state index in [4.69, 9.17) is 10.8 Å². The van der Waals surface area contributed by atoms with E-state index in [1.54, 1.807) is 4.90 Å². The molecule has 1 saturated carbocycles. The van der Waals surface area contributed by atoms with Crippen molar-refractivity contribution in [2.24, 2.45) is 5.73 Å². The van der Waals surface area contributed by atoms with Gasteiger partial charge in [-0.2, -0.15) is 0 Å². The minimum absolute atomic E-state index is 0.0163. The molecular weight excluding hydrogens is 434 g/mol. The van der Waals surface area contributed by atoms with Gasteiger partial charge in [0.05, 0.1) is 5.54 Å². The van der Waals surface area contributed by atoms with Crippen molar-refractivity contribution in [3.05, 3.63) is 58.3 Å². The predicted octanol–water partition coefficient (Wildman–Crippen LogP) is 4.70. The van der Waals surface area contributed by atoms with Crippen LogP contribution in [0.2, 0.25) is 0 Å². The first kappa shape index (κ1) is 27.0. The van der Waals surface area contributed by atoms with Crippen molar-refractivity contribution in [3.63, 3.8) is 0 Å². The average molecular weight is 474 g/mol. The zero-order valence-electron chi connectivity index (χ0n) is 20.2. The second kappa shape index (κ2) is 13.5. The van der Waals surface area contributed by atoms with Crippen LogP contribution in [0.3, 0.4) is 0 Å². The van der Waals surface area contributed by atoms with Gasteiger partial charge in [0.2, 0.25) is 5.91 Å². The van der Waals surface area contributed by atoms with Crippen LogP contribution in [0.25, 0.3) is 0 Å². The largest absolute Gasteiger partial charge is 0.481 e. The highest BCUT2D eigenvalue weighted by molar-refractivity contribution is 7.10. The molecule has 1 aliphatic rings. The van der Waals surface area contributed by atoms with Crippen LogP contribution in [0.1, 0.15) is 62.3 Å². The number of carboxylic acids is 1. The summed E-state index contributed by atoms with van der Waals surface area (Å²) in [6.07, 6.45) is 5.44. The highest BCUT2D eigenvalue weighted by Crippen LogP contribution is 2.42. The summed E-state index contributed by atoms with van der Waals surface area (Å²) < 4.78 is 0. The minimum atomic E-state index is -0.853. The molecule has 0 unspecified atom stereocenters. The number of nitrogens with zero attached hydrogens (tertiary/aromatic N) is 2. The smallest absolute Gasteiger partial charge is 0.303 e. The van der Waals surface area contributed by atoms with Crippen molar-refractivity contribution in [3.8, 4) is 0 Å². The highest BCUT2D eigenvalue weighted by atomic mass is 32.1. The number of nitrogens with two attached hydrogens (primary N) is 1. The molecule has 1 aromatic heterocycles. The molecule has 7 heteroatoms. The first-order valence-electron chi connectivity index (χ1n) is 11.8. The molecule has 1 amide bonds. The Labute approximate surface area is 202 Å². The summed E-state index contributed by atoms with van der Waals surface area (Å²) in [5, 5.41) is 10.7. The third-order valence-electron chi connectivity index (χ3n) is 6.43. The topological polar surface area (TPSA) is 86.9 Å². The van der Waals surface area contributed by atoms with Gasteiger partial charge in [0.15, 0.2) is 0 Å². The fraction of sp³-hybridized carbons (Fsp3) is 0.538. The number of hydrogen-bond donors (Lipinski definition) is 2.